The number of nitrogens with one attached hydrogen (secondary N) is 1. The molecule has 2 heterocycles. The van der Waals surface area contributed by atoms with Crippen LogP contribution in [0.2, 0.25) is 0 Å². The van der Waals surface area contributed by atoms with E-state index in [1.54, 1.807) is 0 Å². The lowest BCUT2D eigenvalue weighted by molar-refractivity contribution is -0.122. The highest BCUT2D eigenvalue weighted by molar-refractivity contribution is 5.97. The SMILES string of the molecule is CC(C)C1CC(=O)c2nc(NC(=O)C3CCOCC3)oc2C1. The van der Waals surface area contributed by atoms with Crippen molar-refractivity contribution in [1.82, 2.24) is 4.98 Å². The van der Waals surface area contributed by atoms with Gasteiger partial charge in [0.1, 0.15) is 11.5 Å². The molecule has 1 N–H and O–H groups in total. The molecule has 0 bridgehead atoms. The molecule has 0 aromatic carbocycles. The summed E-state index contributed by atoms with van der Waals surface area (Å²) in [4.78, 5) is 28.5. The van der Waals surface area contributed by atoms with Gasteiger partial charge in [-0.15, -0.1) is 0 Å². The fraction of sp³-hybridized carbons (Fsp3) is 0.688. The third kappa shape index (κ3) is 3.06. The molecule has 1 atom stereocenters. The molecule has 2 aliphatic rings. The number of fused-ring (bicyclic) bond motifs is 1. The first-order valence-electron chi connectivity index (χ1n) is 7.96. The first-order valence-corrected chi connectivity index (χ1v) is 7.96. The Bertz CT molecular complexity index is 573. The lowest BCUT2D eigenvalue weighted by atomic mass is 9.82. The standard InChI is InChI=1S/C16H22N2O4/c1-9(2)11-7-12(19)14-13(8-11)22-16(17-14)18-15(20)10-3-5-21-6-4-10/h9-11H,3-8H2,1-2H3,(H,17,18,20). The summed E-state index contributed by atoms with van der Waals surface area (Å²) in [5.74, 6) is 1.15. The zero-order valence-corrected chi connectivity index (χ0v) is 13.1. The van der Waals surface area contributed by atoms with Crippen molar-refractivity contribution in [3.05, 3.63) is 11.5 Å². The predicted molar refractivity (Wildman–Crippen MR) is 79.7 cm³/mol. The van der Waals surface area contributed by atoms with Crippen LogP contribution in [0, 0.1) is 17.8 Å². The minimum Gasteiger partial charge on any atom is -0.428 e. The predicted octanol–water partition coefficient (Wildman–Crippen LogP) is 2.44. The van der Waals surface area contributed by atoms with E-state index in [-0.39, 0.29) is 29.5 Å². The quantitative estimate of drug-likeness (QED) is 0.927. The first-order chi connectivity index (χ1) is 10.5. The van der Waals surface area contributed by atoms with Gasteiger partial charge in [0.05, 0.1) is 0 Å². The number of rotatable bonds is 3. The summed E-state index contributed by atoms with van der Waals surface area (Å²) in [6.45, 7) is 5.42. The Morgan fingerprint density at radius 2 is 2.00 bits per heavy atom. The molecule has 1 amide bonds. The minimum atomic E-state index is -0.102. The molecule has 0 radical (unpaired) electrons. The van der Waals surface area contributed by atoms with Crippen molar-refractivity contribution in [2.24, 2.45) is 17.8 Å². The molecule has 1 aliphatic heterocycles. The fourth-order valence-corrected chi connectivity index (χ4v) is 3.05. The zero-order valence-electron chi connectivity index (χ0n) is 13.1. The zero-order chi connectivity index (χ0) is 15.7. The highest BCUT2D eigenvalue weighted by Crippen LogP contribution is 2.32. The van der Waals surface area contributed by atoms with Gasteiger partial charge in [-0.25, -0.2) is 0 Å². The van der Waals surface area contributed by atoms with Crippen LogP contribution in [-0.4, -0.2) is 29.9 Å². The van der Waals surface area contributed by atoms with E-state index in [1.165, 1.54) is 0 Å². The number of hydrogen-bond donors (Lipinski definition) is 1. The van der Waals surface area contributed by atoms with E-state index in [2.05, 4.69) is 24.1 Å². The number of oxazole rings is 1. The van der Waals surface area contributed by atoms with Crippen molar-refractivity contribution < 1.29 is 18.7 Å². The van der Waals surface area contributed by atoms with Crippen LogP contribution in [0.4, 0.5) is 6.01 Å². The van der Waals surface area contributed by atoms with Gasteiger partial charge in [-0.05, 0) is 24.7 Å². The largest absolute Gasteiger partial charge is 0.428 e. The van der Waals surface area contributed by atoms with E-state index in [4.69, 9.17) is 9.15 Å². The highest BCUT2D eigenvalue weighted by Gasteiger charge is 2.32. The Morgan fingerprint density at radius 3 is 2.68 bits per heavy atom. The summed E-state index contributed by atoms with van der Waals surface area (Å²) in [6, 6.07) is 0.152. The normalized spacial score (nSPS) is 22.7. The average Bonchev–Trinajstić information content (AvgIpc) is 2.91. The summed E-state index contributed by atoms with van der Waals surface area (Å²) in [5, 5.41) is 2.71. The number of amides is 1. The van der Waals surface area contributed by atoms with E-state index in [0.29, 0.717) is 56.3 Å². The monoisotopic (exact) mass is 306 g/mol. The van der Waals surface area contributed by atoms with Crippen molar-refractivity contribution in [3.8, 4) is 0 Å². The van der Waals surface area contributed by atoms with Crippen LogP contribution in [0.5, 0.6) is 0 Å². The van der Waals surface area contributed by atoms with Gasteiger partial charge in [0.2, 0.25) is 5.91 Å². The Hall–Kier alpha value is -1.69. The number of nitrogens with zero attached hydrogens (tertiary/aromatic N) is 1. The van der Waals surface area contributed by atoms with Crippen LogP contribution in [0.3, 0.4) is 0 Å². The van der Waals surface area contributed by atoms with Crippen LogP contribution in [0.15, 0.2) is 4.42 Å². The molecule has 6 heteroatoms. The van der Waals surface area contributed by atoms with Gasteiger partial charge in [0.25, 0.3) is 0 Å². The maximum Gasteiger partial charge on any atom is 0.302 e. The summed E-state index contributed by atoms with van der Waals surface area (Å²) < 4.78 is 10.9. The van der Waals surface area contributed by atoms with E-state index in [0.717, 1.165) is 0 Å². The molecule has 120 valence electrons. The van der Waals surface area contributed by atoms with Gasteiger partial charge < -0.3 is 9.15 Å². The molecule has 1 fully saturated rings. The number of aromatic nitrogens is 1. The number of ether oxygens (including phenoxy) is 1. The van der Waals surface area contributed by atoms with Gasteiger partial charge >= 0.3 is 6.01 Å². The second-order valence-corrected chi connectivity index (χ2v) is 6.50. The number of carbonyl (C=O) groups is 2. The number of Topliss-reactive ketones (excluding diaryl/α,β-unsaturated/α-hetero) is 1. The van der Waals surface area contributed by atoms with Gasteiger partial charge in [-0.2, -0.15) is 4.98 Å². The maximum absolute atomic E-state index is 12.2. The molecule has 1 saturated heterocycles. The van der Waals surface area contributed by atoms with Crippen LogP contribution in [0.1, 0.15) is 49.4 Å². The summed E-state index contributed by atoms with van der Waals surface area (Å²) >= 11 is 0. The van der Waals surface area contributed by atoms with Gasteiger partial charge in [0, 0.05) is 32.0 Å². The average molecular weight is 306 g/mol. The summed E-state index contributed by atoms with van der Waals surface area (Å²) in [5.41, 5.74) is 0.388. The molecule has 0 spiro atoms. The van der Waals surface area contributed by atoms with Crippen molar-refractivity contribution in [2.45, 2.75) is 39.5 Å². The number of ketones is 1. The molecule has 6 nitrogen and oxygen atoms in total. The molecule has 1 aromatic rings. The molecule has 1 aromatic heterocycles. The second-order valence-electron chi connectivity index (χ2n) is 6.50. The summed E-state index contributed by atoms with van der Waals surface area (Å²) in [6.07, 6.45) is 2.63. The Morgan fingerprint density at radius 1 is 1.27 bits per heavy atom. The molecule has 0 saturated carbocycles. The van der Waals surface area contributed by atoms with E-state index in [1.807, 2.05) is 0 Å². The molecule has 1 aliphatic carbocycles. The third-order valence-corrected chi connectivity index (χ3v) is 4.62. The fourth-order valence-electron chi connectivity index (χ4n) is 3.05. The van der Waals surface area contributed by atoms with E-state index in [9.17, 15) is 9.59 Å². The minimum absolute atomic E-state index is 0.00950. The molecule has 1 unspecified atom stereocenters. The van der Waals surface area contributed by atoms with Gasteiger partial charge in [-0.3, -0.25) is 14.9 Å². The molecule has 22 heavy (non-hydrogen) atoms. The lowest BCUT2D eigenvalue weighted by Crippen LogP contribution is -2.28. The Balaban J connectivity index is 1.70. The molecular formula is C16H22N2O4. The highest BCUT2D eigenvalue weighted by atomic mass is 16.5. The number of anilines is 1. The van der Waals surface area contributed by atoms with E-state index >= 15 is 0 Å². The first kappa shape index (κ1) is 15.2. The summed E-state index contributed by atoms with van der Waals surface area (Å²) in [7, 11) is 0. The number of hydrogen-bond acceptors (Lipinski definition) is 5. The lowest BCUT2D eigenvalue weighted by Gasteiger charge is -2.22. The van der Waals surface area contributed by atoms with Crippen molar-refractivity contribution in [2.75, 3.05) is 18.5 Å². The van der Waals surface area contributed by atoms with Gasteiger partial charge in [0.15, 0.2) is 5.78 Å². The topological polar surface area (TPSA) is 81.4 Å². The van der Waals surface area contributed by atoms with Crippen molar-refractivity contribution >= 4 is 17.7 Å². The van der Waals surface area contributed by atoms with E-state index < -0.39 is 0 Å². The molecular weight excluding hydrogens is 284 g/mol. The van der Waals surface area contributed by atoms with Crippen LogP contribution in [-0.2, 0) is 16.0 Å². The van der Waals surface area contributed by atoms with Crippen LogP contribution in [0.25, 0.3) is 0 Å². The smallest absolute Gasteiger partial charge is 0.302 e. The van der Waals surface area contributed by atoms with Crippen molar-refractivity contribution in [1.29, 1.82) is 0 Å². The maximum atomic E-state index is 12.2. The number of carbonyl (C=O) groups excluding carboxylic acids is 2. The molecule has 3 rings (SSSR count). The van der Waals surface area contributed by atoms with Crippen LogP contribution >= 0.6 is 0 Å². The van der Waals surface area contributed by atoms with Crippen molar-refractivity contribution in [3.63, 3.8) is 0 Å². The second kappa shape index (κ2) is 6.20. The van der Waals surface area contributed by atoms with Gasteiger partial charge in [-0.1, -0.05) is 13.8 Å². The third-order valence-electron chi connectivity index (χ3n) is 4.62. The van der Waals surface area contributed by atoms with Crippen LogP contribution < -0.4 is 5.32 Å². The Labute approximate surface area is 129 Å². The Kier molecular flexibility index (Phi) is 4.29.